The summed E-state index contributed by atoms with van der Waals surface area (Å²) in [4.78, 5) is 12.4. The molecule has 0 radical (unpaired) electrons. The van der Waals surface area contributed by atoms with E-state index >= 15 is 0 Å². The van der Waals surface area contributed by atoms with Crippen molar-refractivity contribution in [2.45, 2.75) is 26.8 Å². The zero-order chi connectivity index (χ0) is 20.2. The number of anilines is 1. The fourth-order valence-electron chi connectivity index (χ4n) is 2.53. The second-order valence-corrected chi connectivity index (χ2v) is 8.74. The molecule has 146 valence electrons. The predicted molar refractivity (Wildman–Crippen MR) is 108 cm³/mol. The lowest BCUT2D eigenvalue weighted by Crippen LogP contribution is -2.36. The van der Waals surface area contributed by atoms with Gasteiger partial charge in [0.25, 0.3) is 5.91 Å². The molecule has 0 saturated carbocycles. The molecule has 0 unspecified atom stereocenters. The topological polar surface area (TPSA) is 75.7 Å². The van der Waals surface area contributed by atoms with Gasteiger partial charge in [-0.1, -0.05) is 17.7 Å². The molecule has 0 fully saturated rings. The molecule has 0 saturated heterocycles. The van der Waals surface area contributed by atoms with Crippen LogP contribution in [0.3, 0.4) is 0 Å². The Balaban J connectivity index is 1.98. The van der Waals surface area contributed by atoms with E-state index in [2.05, 4.69) is 5.32 Å². The summed E-state index contributed by atoms with van der Waals surface area (Å²) >= 11 is 0. The molecule has 1 atom stereocenters. The van der Waals surface area contributed by atoms with Gasteiger partial charge in [0.1, 0.15) is 12.4 Å². The molecular formula is C20H26N2O4S. The molecule has 0 aromatic heterocycles. The number of amides is 1. The molecule has 0 spiro atoms. The van der Waals surface area contributed by atoms with E-state index in [1.54, 1.807) is 25.1 Å². The normalized spacial score (nSPS) is 12.3. The van der Waals surface area contributed by atoms with Crippen LogP contribution in [-0.4, -0.2) is 40.3 Å². The van der Waals surface area contributed by atoms with Crippen LogP contribution < -0.4 is 14.4 Å². The van der Waals surface area contributed by atoms with Crippen LogP contribution in [0.15, 0.2) is 42.5 Å². The van der Waals surface area contributed by atoms with Crippen LogP contribution in [-0.2, 0) is 10.0 Å². The summed E-state index contributed by atoms with van der Waals surface area (Å²) in [7, 11) is -1.86. The monoisotopic (exact) mass is 390 g/mol. The molecule has 2 aromatic rings. The number of nitrogens with zero attached hydrogens (tertiary/aromatic N) is 1. The van der Waals surface area contributed by atoms with Gasteiger partial charge in [-0.15, -0.1) is 0 Å². The number of carbonyl (C=O) groups excluding carboxylic acids is 1. The first-order valence-electron chi connectivity index (χ1n) is 8.63. The Bertz CT molecular complexity index is 908. The maximum absolute atomic E-state index is 12.4. The van der Waals surface area contributed by atoms with Crippen LogP contribution in [0.5, 0.6) is 5.75 Å². The van der Waals surface area contributed by atoms with E-state index in [0.29, 0.717) is 23.4 Å². The second kappa shape index (κ2) is 8.43. The minimum Gasteiger partial charge on any atom is -0.491 e. The maximum atomic E-state index is 12.4. The number of nitrogens with one attached hydrogen (secondary N) is 1. The van der Waals surface area contributed by atoms with E-state index in [0.717, 1.165) is 17.6 Å². The summed E-state index contributed by atoms with van der Waals surface area (Å²) < 4.78 is 30.3. The van der Waals surface area contributed by atoms with Crippen LogP contribution in [0, 0.1) is 13.8 Å². The Hall–Kier alpha value is -2.54. The molecular weight excluding hydrogens is 364 g/mol. The van der Waals surface area contributed by atoms with Crippen LogP contribution >= 0.6 is 0 Å². The number of sulfonamides is 1. The quantitative estimate of drug-likeness (QED) is 0.789. The highest BCUT2D eigenvalue weighted by molar-refractivity contribution is 7.92. The van der Waals surface area contributed by atoms with E-state index < -0.39 is 10.0 Å². The van der Waals surface area contributed by atoms with Gasteiger partial charge in [-0.25, -0.2) is 8.42 Å². The largest absolute Gasteiger partial charge is 0.491 e. The van der Waals surface area contributed by atoms with Gasteiger partial charge >= 0.3 is 0 Å². The van der Waals surface area contributed by atoms with Crippen LogP contribution in [0.1, 0.15) is 28.4 Å². The van der Waals surface area contributed by atoms with E-state index in [1.165, 1.54) is 11.4 Å². The van der Waals surface area contributed by atoms with Crippen molar-refractivity contribution >= 4 is 21.6 Å². The number of aryl methyl sites for hydroxylation is 2. The summed E-state index contributed by atoms with van der Waals surface area (Å²) in [5, 5.41) is 2.89. The Morgan fingerprint density at radius 2 is 1.78 bits per heavy atom. The van der Waals surface area contributed by atoms with Crippen molar-refractivity contribution in [3.8, 4) is 5.75 Å². The molecule has 7 heteroatoms. The van der Waals surface area contributed by atoms with Crippen LogP contribution in [0.2, 0.25) is 0 Å². The van der Waals surface area contributed by atoms with Gasteiger partial charge in [-0.3, -0.25) is 9.10 Å². The van der Waals surface area contributed by atoms with Gasteiger partial charge in [-0.05, 0) is 56.7 Å². The van der Waals surface area contributed by atoms with Gasteiger partial charge in [0.15, 0.2) is 0 Å². The molecule has 2 aromatic carbocycles. The number of ether oxygens (including phenoxy) is 1. The molecule has 1 amide bonds. The minimum atomic E-state index is -3.35. The smallest absolute Gasteiger partial charge is 0.251 e. The first-order chi connectivity index (χ1) is 12.6. The van der Waals surface area contributed by atoms with E-state index in [1.807, 2.05) is 38.1 Å². The average molecular weight is 391 g/mol. The fourth-order valence-corrected chi connectivity index (χ4v) is 3.10. The van der Waals surface area contributed by atoms with Crippen molar-refractivity contribution in [3.63, 3.8) is 0 Å². The third-order valence-electron chi connectivity index (χ3n) is 4.19. The van der Waals surface area contributed by atoms with Gasteiger partial charge in [0, 0.05) is 12.6 Å². The Morgan fingerprint density at radius 1 is 1.15 bits per heavy atom. The summed E-state index contributed by atoms with van der Waals surface area (Å²) in [5.74, 6) is 0.525. The highest BCUT2D eigenvalue weighted by Crippen LogP contribution is 2.22. The lowest BCUT2D eigenvalue weighted by Gasteiger charge is -2.20. The summed E-state index contributed by atoms with van der Waals surface area (Å²) in [6.45, 7) is 6.00. The number of benzene rings is 2. The number of carbonyl (C=O) groups is 1. The van der Waals surface area contributed by atoms with E-state index in [-0.39, 0.29) is 11.9 Å². The molecule has 0 bridgehead atoms. The molecule has 0 aliphatic heterocycles. The number of hydrogen-bond acceptors (Lipinski definition) is 4. The standard InChI is InChI=1S/C20H26N2O4S/c1-14-6-9-18(10-7-14)26-13-16(3)21-20(23)17-8-11-19(15(2)12-17)22(4)27(5,24)25/h6-12,16H,13H2,1-5H3,(H,21,23)/t16-/m0/s1. The lowest BCUT2D eigenvalue weighted by atomic mass is 10.1. The van der Waals surface area contributed by atoms with E-state index in [4.69, 9.17) is 4.74 Å². The summed E-state index contributed by atoms with van der Waals surface area (Å²) in [6, 6.07) is 12.5. The summed E-state index contributed by atoms with van der Waals surface area (Å²) in [5.41, 5.74) is 2.88. The van der Waals surface area contributed by atoms with Gasteiger partial charge in [-0.2, -0.15) is 0 Å². The SMILES string of the molecule is Cc1ccc(OC[C@H](C)NC(=O)c2ccc(N(C)S(C)(=O)=O)c(C)c2)cc1. The highest BCUT2D eigenvalue weighted by Gasteiger charge is 2.16. The van der Waals surface area contributed by atoms with Gasteiger partial charge < -0.3 is 10.1 Å². The summed E-state index contributed by atoms with van der Waals surface area (Å²) in [6.07, 6.45) is 1.14. The number of hydrogen-bond donors (Lipinski definition) is 1. The third-order valence-corrected chi connectivity index (χ3v) is 5.39. The molecule has 1 N–H and O–H groups in total. The van der Waals surface area contributed by atoms with Gasteiger partial charge in [0.05, 0.1) is 18.0 Å². The molecule has 2 rings (SSSR count). The molecule has 0 aliphatic rings. The Kier molecular flexibility index (Phi) is 6.49. The first kappa shape index (κ1) is 20.8. The Morgan fingerprint density at radius 3 is 2.33 bits per heavy atom. The molecule has 0 aliphatic carbocycles. The maximum Gasteiger partial charge on any atom is 0.251 e. The van der Waals surface area contributed by atoms with E-state index in [9.17, 15) is 13.2 Å². The fraction of sp³-hybridized carbons (Fsp3) is 0.350. The zero-order valence-corrected chi connectivity index (χ0v) is 17.1. The molecule has 0 heterocycles. The van der Waals surface area contributed by atoms with Gasteiger partial charge in [0.2, 0.25) is 10.0 Å². The van der Waals surface area contributed by atoms with Crippen molar-refractivity contribution in [1.29, 1.82) is 0 Å². The van der Waals surface area contributed by atoms with Crippen LogP contribution in [0.25, 0.3) is 0 Å². The highest BCUT2D eigenvalue weighted by atomic mass is 32.2. The molecule has 6 nitrogen and oxygen atoms in total. The van der Waals surface area contributed by atoms with Crippen molar-refractivity contribution in [1.82, 2.24) is 5.32 Å². The zero-order valence-electron chi connectivity index (χ0n) is 16.3. The van der Waals surface area contributed by atoms with Crippen molar-refractivity contribution in [2.75, 3.05) is 24.2 Å². The molecule has 27 heavy (non-hydrogen) atoms. The average Bonchev–Trinajstić information content (AvgIpc) is 2.59. The minimum absolute atomic E-state index is 0.183. The number of rotatable bonds is 7. The van der Waals surface area contributed by atoms with Crippen molar-refractivity contribution in [2.24, 2.45) is 0 Å². The predicted octanol–water partition coefficient (Wildman–Crippen LogP) is 2.90. The second-order valence-electron chi connectivity index (χ2n) is 6.73. The van der Waals surface area contributed by atoms with Crippen molar-refractivity contribution < 1.29 is 17.9 Å². The Labute approximate surface area is 161 Å². The third kappa shape index (κ3) is 5.72. The van der Waals surface area contributed by atoms with Crippen LogP contribution in [0.4, 0.5) is 5.69 Å². The lowest BCUT2D eigenvalue weighted by molar-refractivity contribution is 0.0926. The van der Waals surface area contributed by atoms with Crippen molar-refractivity contribution in [3.05, 3.63) is 59.2 Å². The first-order valence-corrected chi connectivity index (χ1v) is 10.5.